The SMILES string of the molecule is CCCn1cc(C(=O)c2cc(C)ccn2)cn1. The molecule has 0 aromatic carbocycles. The van der Waals surface area contributed by atoms with E-state index in [2.05, 4.69) is 17.0 Å². The molecule has 2 rings (SSSR count). The van der Waals surface area contributed by atoms with E-state index >= 15 is 0 Å². The lowest BCUT2D eigenvalue weighted by atomic mass is 10.1. The molecule has 88 valence electrons. The fraction of sp³-hybridized carbons (Fsp3) is 0.308. The number of rotatable bonds is 4. The Morgan fingerprint density at radius 2 is 2.29 bits per heavy atom. The zero-order valence-electron chi connectivity index (χ0n) is 10.1. The minimum Gasteiger partial charge on any atom is -0.287 e. The molecule has 0 saturated carbocycles. The van der Waals surface area contributed by atoms with Gasteiger partial charge in [-0.1, -0.05) is 6.92 Å². The van der Waals surface area contributed by atoms with E-state index in [1.54, 1.807) is 29.3 Å². The van der Waals surface area contributed by atoms with Crippen molar-refractivity contribution in [3.63, 3.8) is 0 Å². The van der Waals surface area contributed by atoms with Crippen LogP contribution in [0.3, 0.4) is 0 Å². The highest BCUT2D eigenvalue weighted by Gasteiger charge is 2.12. The third kappa shape index (κ3) is 2.58. The second-order valence-corrected chi connectivity index (χ2v) is 4.04. The van der Waals surface area contributed by atoms with Gasteiger partial charge in [0, 0.05) is 18.9 Å². The van der Waals surface area contributed by atoms with Crippen LogP contribution in [0.2, 0.25) is 0 Å². The molecule has 0 saturated heterocycles. The van der Waals surface area contributed by atoms with Gasteiger partial charge >= 0.3 is 0 Å². The molecule has 0 radical (unpaired) electrons. The summed E-state index contributed by atoms with van der Waals surface area (Å²) < 4.78 is 1.78. The van der Waals surface area contributed by atoms with E-state index < -0.39 is 0 Å². The van der Waals surface area contributed by atoms with Crippen molar-refractivity contribution in [3.8, 4) is 0 Å². The number of hydrogen-bond acceptors (Lipinski definition) is 3. The predicted octanol–water partition coefficient (Wildman–Crippen LogP) is 2.23. The largest absolute Gasteiger partial charge is 0.287 e. The van der Waals surface area contributed by atoms with Crippen LogP contribution in [0.15, 0.2) is 30.7 Å². The lowest BCUT2D eigenvalue weighted by Gasteiger charge is -1.98. The molecule has 0 aliphatic rings. The van der Waals surface area contributed by atoms with Crippen molar-refractivity contribution >= 4 is 5.78 Å². The molecular formula is C13H15N3O. The molecule has 0 aliphatic carbocycles. The number of ketones is 1. The fourth-order valence-electron chi connectivity index (χ4n) is 1.64. The number of carbonyl (C=O) groups excluding carboxylic acids is 1. The molecule has 0 spiro atoms. The van der Waals surface area contributed by atoms with Crippen LogP contribution >= 0.6 is 0 Å². The molecular weight excluding hydrogens is 214 g/mol. The van der Waals surface area contributed by atoms with E-state index in [0.717, 1.165) is 18.5 Å². The first-order valence-corrected chi connectivity index (χ1v) is 5.70. The van der Waals surface area contributed by atoms with E-state index in [9.17, 15) is 4.79 Å². The standard InChI is InChI=1S/C13H15N3O/c1-3-6-16-9-11(8-15-16)13(17)12-7-10(2)4-5-14-12/h4-5,7-9H,3,6H2,1-2H3. The van der Waals surface area contributed by atoms with E-state index in [-0.39, 0.29) is 5.78 Å². The Bertz CT molecular complexity index is 531. The van der Waals surface area contributed by atoms with Gasteiger partial charge in [0.15, 0.2) is 0 Å². The average Bonchev–Trinajstić information content (AvgIpc) is 2.77. The molecule has 0 amide bonds. The van der Waals surface area contributed by atoms with Gasteiger partial charge in [-0.3, -0.25) is 14.5 Å². The molecule has 4 nitrogen and oxygen atoms in total. The summed E-state index contributed by atoms with van der Waals surface area (Å²) in [5, 5.41) is 4.14. The Morgan fingerprint density at radius 3 is 3.00 bits per heavy atom. The normalized spacial score (nSPS) is 10.5. The summed E-state index contributed by atoms with van der Waals surface area (Å²) in [5.41, 5.74) is 2.10. The number of aryl methyl sites for hydroxylation is 2. The molecule has 0 unspecified atom stereocenters. The summed E-state index contributed by atoms with van der Waals surface area (Å²) in [6.07, 6.45) is 6.02. The Morgan fingerprint density at radius 1 is 1.47 bits per heavy atom. The maximum absolute atomic E-state index is 12.1. The van der Waals surface area contributed by atoms with Crippen molar-refractivity contribution < 1.29 is 4.79 Å². The van der Waals surface area contributed by atoms with Crippen molar-refractivity contribution in [2.45, 2.75) is 26.8 Å². The minimum absolute atomic E-state index is 0.0731. The molecule has 2 aromatic heterocycles. The molecule has 2 heterocycles. The Hall–Kier alpha value is -1.97. The number of pyridine rings is 1. The smallest absolute Gasteiger partial charge is 0.214 e. The van der Waals surface area contributed by atoms with E-state index in [0.29, 0.717) is 11.3 Å². The van der Waals surface area contributed by atoms with Crippen LogP contribution in [-0.4, -0.2) is 20.5 Å². The molecule has 0 atom stereocenters. The molecule has 0 aliphatic heterocycles. The lowest BCUT2D eigenvalue weighted by Crippen LogP contribution is -2.03. The van der Waals surface area contributed by atoms with Gasteiger partial charge in [-0.2, -0.15) is 5.10 Å². The van der Waals surface area contributed by atoms with Crippen molar-refractivity contribution in [1.29, 1.82) is 0 Å². The molecule has 0 fully saturated rings. The van der Waals surface area contributed by atoms with Crippen LogP contribution in [0, 0.1) is 6.92 Å². The molecule has 17 heavy (non-hydrogen) atoms. The summed E-state index contributed by atoms with van der Waals surface area (Å²) >= 11 is 0. The Labute approximate surface area is 100 Å². The molecule has 2 aromatic rings. The quantitative estimate of drug-likeness (QED) is 0.755. The average molecular weight is 229 g/mol. The highest BCUT2D eigenvalue weighted by molar-refractivity contribution is 6.07. The summed E-state index contributed by atoms with van der Waals surface area (Å²) in [6, 6.07) is 3.66. The number of carbonyl (C=O) groups is 1. The second kappa shape index (κ2) is 4.91. The maximum Gasteiger partial charge on any atom is 0.214 e. The van der Waals surface area contributed by atoms with Crippen molar-refractivity contribution in [2.75, 3.05) is 0 Å². The van der Waals surface area contributed by atoms with Crippen LogP contribution in [0.1, 0.15) is 35.0 Å². The van der Waals surface area contributed by atoms with Crippen LogP contribution in [0.5, 0.6) is 0 Å². The number of hydrogen-bond donors (Lipinski definition) is 0. The van der Waals surface area contributed by atoms with Gasteiger partial charge in [0.2, 0.25) is 5.78 Å². The third-order valence-corrected chi connectivity index (χ3v) is 2.50. The molecule has 0 bridgehead atoms. The summed E-state index contributed by atoms with van der Waals surface area (Å²) in [7, 11) is 0. The second-order valence-electron chi connectivity index (χ2n) is 4.04. The van der Waals surface area contributed by atoms with Crippen molar-refractivity contribution in [1.82, 2.24) is 14.8 Å². The fourth-order valence-corrected chi connectivity index (χ4v) is 1.64. The van der Waals surface area contributed by atoms with Crippen LogP contribution in [0.25, 0.3) is 0 Å². The van der Waals surface area contributed by atoms with E-state index in [1.807, 2.05) is 13.0 Å². The molecule has 4 heteroatoms. The first kappa shape index (κ1) is 11.5. The topological polar surface area (TPSA) is 47.8 Å². The first-order valence-electron chi connectivity index (χ1n) is 5.70. The monoisotopic (exact) mass is 229 g/mol. The zero-order valence-corrected chi connectivity index (χ0v) is 10.1. The van der Waals surface area contributed by atoms with Crippen LogP contribution in [-0.2, 0) is 6.54 Å². The highest BCUT2D eigenvalue weighted by atomic mass is 16.1. The van der Waals surface area contributed by atoms with Gasteiger partial charge in [-0.15, -0.1) is 0 Å². The van der Waals surface area contributed by atoms with Gasteiger partial charge in [-0.05, 0) is 31.0 Å². The van der Waals surface area contributed by atoms with Gasteiger partial charge in [0.1, 0.15) is 5.69 Å². The number of nitrogens with zero attached hydrogens (tertiary/aromatic N) is 3. The van der Waals surface area contributed by atoms with Gasteiger partial charge < -0.3 is 0 Å². The van der Waals surface area contributed by atoms with Gasteiger partial charge in [-0.25, -0.2) is 0 Å². The predicted molar refractivity (Wildman–Crippen MR) is 64.9 cm³/mol. The van der Waals surface area contributed by atoms with E-state index in [1.165, 1.54) is 0 Å². The van der Waals surface area contributed by atoms with Crippen molar-refractivity contribution in [2.24, 2.45) is 0 Å². The van der Waals surface area contributed by atoms with Crippen LogP contribution in [0.4, 0.5) is 0 Å². The third-order valence-electron chi connectivity index (χ3n) is 2.50. The zero-order chi connectivity index (χ0) is 12.3. The minimum atomic E-state index is -0.0731. The van der Waals surface area contributed by atoms with E-state index in [4.69, 9.17) is 0 Å². The van der Waals surface area contributed by atoms with Gasteiger partial charge in [0.25, 0.3) is 0 Å². The number of aromatic nitrogens is 3. The summed E-state index contributed by atoms with van der Waals surface area (Å²) in [4.78, 5) is 16.2. The van der Waals surface area contributed by atoms with Crippen LogP contribution < -0.4 is 0 Å². The van der Waals surface area contributed by atoms with Gasteiger partial charge in [0.05, 0.1) is 11.8 Å². The highest BCUT2D eigenvalue weighted by Crippen LogP contribution is 2.08. The maximum atomic E-state index is 12.1. The summed E-state index contributed by atoms with van der Waals surface area (Å²) in [5.74, 6) is -0.0731. The molecule has 0 N–H and O–H groups in total. The Kier molecular flexibility index (Phi) is 3.32. The summed E-state index contributed by atoms with van der Waals surface area (Å²) in [6.45, 7) is 4.85. The Balaban J connectivity index is 2.24. The first-order chi connectivity index (χ1) is 8.20. The lowest BCUT2D eigenvalue weighted by molar-refractivity contribution is 0.103. The van der Waals surface area contributed by atoms with Crippen molar-refractivity contribution in [3.05, 3.63) is 47.5 Å².